The van der Waals surface area contributed by atoms with Gasteiger partial charge in [0.2, 0.25) is 0 Å². The second-order valence-electron chi connectivity index (χ2n) is 9.05. The van der Waals surface area contributed by atoms with Crippen molar-refractivity contribution < 1.29 is 14.3 Å². The Labute approximate surface area is 201 Å². The first-order valence-corrected chi connectivity index (χ1v) is 11.9. The molecular weight excluding hydrogens is 430 g/mol. The number of rotatable bonds is 9. The van der Waals surface area contributed by atoms with Crippen LogP contribution in [0.2, 0.25) is 0 Å². The number of anilines is 1. The largest absolute Gasteiger partial charge is 0.376 e. The highest BCUT2D eigenvalue weighted by Crippen LogP contribution is 2.37. The van der Waals surface area contributed by atoms with E-state index in [1.54, 1.807) is 7.11 Å². The van der Waals surface area contributed by atoms with Gasteiger partial charge in [-0.3, -0.25) is 15.2 Å². The van der Waals surface area contributed by atoms with Gasteiger partial charge in [0.05, 0.1) is 31.0 Å². The molecular formula is C26H35N5O3. The standard InChI is InChI=1S/C26H35N5O3/c1-18-11-12-23(19(2)14-18)31-24(20-8-5-4-6-9-20)15-22(28-31)26(32)29-30-13-7-10-21(30)16-34-17-25(27)33-3/h4-6,8-9,11-12,14,21,24-25H,7,10,13,15-17,27H2,1-3H3,(H,29,32). The van der Waals surface area contributed by atoms with E-state index < -0.39 is 6.23 Å². The van der Waals surface area contributed by atoms with Gasteiger partial charge in [0.15, 0.2) is 0 Å². The number of hydrazine groups is 1. The van der Waals surface area contributed by atoms with E-state index in [9.17, 15) is 4.79 Å². The Morgan fingerprint density at radius 3 is 2.76 bits per heavy atom. The van der Waals surface area contributed by atoms with Gasteiger partial charge in [-0.05, 0) is 43.9 Å². The zero-order chi connectivity index (χ0) is 24.1. The molecule has 4 rings (SSSR count). The number of carbonyl (C=O) groups excluding carboxylic acids is 1. The summed E-state index contributed by atoms with van der Waals surface area (Å²) >= 11 is 0. The highest BCUT2D eigenvalue weighted by molar-refractivity contribution is 6.39. The van der Waals surface area contributed by atoms with E-state index in [2.05, 4.69) is 49.6 Å². The lowest BCUT2D eigenvalue weighted by molar-refractivity contribution is -0.120. The molecule has 0 aromatic heterocycles. The van der Waals surface area contributed by atoms with Crippen LogP contribution in [0.15, 0.2) is 53.6 Å². The summed E-state index contributed by atoms with van der Waals surface area (Å²) in [5.41, 5.74) is 13.9. The average Bonchev–Trinajstić information content (AvgIpc) is 3.47. The zero-order valence-electron chi connectivity index (χ0n) is 20.2. The second kappa shape index (κ2) is 11.1. The van der Waals surface area contributed by atoms with Gasteiger partial charge < -0.3 is 15.2 Å². The topological polar surface area (TPSA) is 92.4 Å². The van der Waals surface area contributed by atoms with E-state index in [4.69, 9.17) is 20.3 Å². The number of benzene rings is 2. The summed E-state index contributed by atoms with van der Waals surface area (Å²) in [6, 6.07) is 16.6. The Morgan fingerprint density at radius 1 is 1.24 bits per heavy atom. The van der Waals surface area contributed by atoms with Gasteiger partial charge in [-0.2, -0.15) is 5.10 Å². The van der Waals surface area contributed by atoms with Gasteiger partial charge in [0.1, 0.15) is 11.9 Å². The summed E-state index contributed by atoms with van der Waals surface area (Å²) in [6.07, 6.45) is 2.05. The average molecular weight is 466 g/mol. The van der Waals surface area contributed by atoms with Crippen molar-refractivity contribution in [2.24, 2.45) is 10.8 Å². The van der Waals surface area contributed by atoms with Gasteiger partial charge in [0.25, 0.3) is 5.91 Å². The molecule has 2 aliphatic heterocycles. The Morgan fingerprint density at radius 2 is 2.03 bits per heavy atom. The lowest BCUT2D eigenvalue weighted by atomic mass is 10.0. The molecule has 182 valence electrons. The number of hydrazone groups is 1. The van der Waals surface area contributed by atoms with Crippen LogP contribution in [0.25, 0.3) is 0 Å². The maximum Gasteiger partial charge on any atom is 0.281 e. The van der Waals surface area contributed by atoms with E-state index in [0.717, 1.165) is 36.2 Å². The van der Waals surface area contributed by atoms with Crippen LogP contribution in [0.5, 0.6) is 0 Å². The predicted molar refractivity (Wildman–Crippen MR) is 133 cm³/mol. The molecule has 2 aromatic rings. The molecule has 0 saturated carbocycles. The molecule has 2 heterocycles. The first-order chi connectivity index (χ1) is 16.5. The van der Waals surface area contributed by atoms with Crippen molar-refractivity contribution in [1.29, 1.82) is 0 Å². The molecule has 1 saturated heterocycles. The third-order valence-corrected chi connectivity index (χ3v) is 6.47. The van der Waals surface area contributed by atoms with E-state index in [1.165, 1.54) is 5.56 Å². The van der Waals surface area contributed by atoms with Crippen molar-refractivity contribution in [2.45, 2.75) is 51.4 Å². The molecule has 0 radical (unpaired) electrons. The lowest BCUT2D eigenvalue weighted by Crippen LogP contribution is -2.49. The smallest absolute Gasteiger partial charge is 0.281 e. The minimum absolute atomic E-state index is 0.0309. The normalized spacial score (nSPS) is 21.5. The molecule has 2 aromatic carbocycles. The van der Waals surface area contributed by atoms with Crippen LogP contribution in [0, 0.1) is 13.8 Å². The fourth-order valence-corrected chi connectivity index (χ4v) is 4.61. The van der Waals surface area contributed by atoms with E-state index in [1.807, 2.05) is 28.2 Å². The molecule has 3 N–H and O–H groups in total. The zero-order valence-corrected chi connectivity index (χ0v) is 20.2. The molecule has 8 nitrogen and oxygen atoms in total. The number of nitrogens with one attached hydrogen (secondary N) is 1. The van der Waals surface area contributed by atoms with Crippen molar-refractivity contribution in [3.63, 3.8) is 0 Å². The first kappa shape index (κ1) is 24.3. The minimum Gasteiger partial charge on any atom is -0.376 e. The SMILES string of the molecule is COC(N)COCC1CCCN1NC(=O)C1=NN(c2ccc(C)cc2C)C(c2ccccc2)C1. The van der Waals surface area contributed by atoms with Gasteiger partial charge in [-0.25, -0.2) is 5.01 Å². The van der Waals surface area contributed by atoms with Gasteiger partial charge >= 0.3 is 0 Å². The van der Waals surface area contributed by atoms with Crippen LogP contribution < -0.4 is 16.2 Å². The fourth-order valence-electron chi connectivity index (χ4n) is 4.61. The van der Waals surface area contributed by atoms with Crippen LogP contribution >= 0.6 is 0 Å². The number of ether oxygens (including phenoxy) is 2. The maximum absolute atomic E-state index is 13.3. The van der Waals surface area contributed by atoms with Crippen molar-refractivity contribution in [1.82, 2.24) is 10.4 Å². The summed E-state index contributed by atoms with van der Waals surface area (Å²) in [5.74, 6) is -0.159. The summed E-state index contributed by atoms with van der Waals surface area (Å²) in [4.78, 5) is 13.3. The number of amides is 1. The fraction of sp³-hybridized carbons (Fsp3) is 0.462. The summed E-state index contributed by atoms with van der Waals surface area (Å²) < 4.78 is 10.7. The number of hydrogen-bond acceptors (Lipinski definition) is 7. The predicted octanol–water partition coefficient (Wildman–Crippen LogP) is 3.05. The monoisotopic (exact) mass is 465 g/mol. The number of hydrogen-bond donors (Lipinski definition) is 2. The van der Waals surface area contributed by atoms with Crippen molar-refractivity contribution in [3.8, 4) is 0 Å². The third kappa shape index (κ3) is 5.64. The van der Waals surface area contributed by atoms with Gasteiger partial charge in [-0.15, -0.1) is 0 Å². The molecule has 3 unspecified atom stereocenters. The van der Waals surface area contributed by atoms with Crippen LogP contribution in [0.1, 0.15) is 42.0 Å². The summed E-state index contributed by atoms with van der Waals surface area (Å²) in [5, 5.41) is 8.79. The second-order valence-corrected chi connectivity index (χ2v) is 9.05. The van der Waals surface area contributed by atoms with E-state index in [-0.39, 0.29) is 18.0 Å². The Balaban J connectivity index is 1.48. The minimum atomic E-state index is -0.441. The molecule has 0 spiro atoms. The van der Waals surface area contributed by atoms with Crippen molar-refractivity contribution in [2.75, 3.05) is 31.9 Å². The first-order valence-electron chi connectivity index (χ1n) is 11.9. The molecule has 1 amide bonds. The van der Waals surface area contributed by atoms with Crippen LogP contribution in [0.3, 0.4) is 0 Å². The summed E-state index contributed by atoms with van der Waals surface area (Å²) in [7, 11) is 1.56. The number of nitrogens with two attached hydrogens (primary N) is 1. The highest BCUT2D eigenvalue weighted by atomic mass is 16.5. The van der Waals surface area contributed by atoms with Crippen LogP contribution in [0.4, 0.5) is 5.69 Å². The third-order valence-electron chi connectivity index (χ3n) is 6.47. The van der Waals surface area contributed by atoms with Gasteiger partial charge in [0, 0.05) is 20.1 Å². The number of methoxy groups -OCH3 is 1. The molecule has 2 aliphatic rings. The molecule has 8 heteroatoms. The molecule has 34 heavy (non-hydrogen) atoms. The lowest BCUT2D eigenvalue weighted by Gasteiger charge is -2.25. The van der Waals surface area contributed by atoms with E-state index in [0.29, 0.717) is 25.3 Å². The quantitative estimate of drug-likeness (QED) is 0.553. The van der Waals surface area contributed by atoms with E-state index >= 15 is 0 Å². The van der Waals surface area contributed by atoms with Crippen molar-refractivity contribution in [3.05, 3.63) is 65.2 Å². The Bertz CT molecular complexity index is 1010. The van der Waals surface area contributed by atoms with Crippen LogP contribution in [-0.4, -0.2) is 55.8 Å². The number of carbonyl (C=O) groups is 1. The molecule has 0 bridgehead atoms. The van der Waals surface area contributed by atoms with Crippen molar-refractivity contribution >= 4 is 17.3 Å². The Kier molecular flexibility index (Phi) is 7.95. The molecule has 0 aliphatic carbocycles. The Hall–Kier alpha value is -2.78. The number of nitrogens with zero attached hydrogens (tertiary/aromatic N) is 3. The summed E-state index contributed by atoms with van der Waals surface area (Å²) in [6.45, 7) is 5.77. The number of aryl methyl sites for hydroxylation is 2. The molecule has 3 atom stereocenters. The molecule has 1 fully saturated rings. The highest BCUT2D eigenvalue weighted by Gasteiger charge is 2.35. The van der Waals surface area contributed by atoms with Crippen LogP contribution in [-0.2, 0) is 14.3 Å². The van der Waals surface area contributed by atoms with Gasteiger partial charge in [-0.1, -0.05) is 48.0 Å². The maximum atomic E-state index is 13.3.